The largest absolute Gasteiger partial charge is 0.475 e. The van der Waals surface area contributed by atoms with Crippen LogP contribution >= 0.6 is 0 Å². The van der Waals surface area contributed by atoms with E-state index in [9.17, 15) is 18.0 Å². The highest BCUT2D eigenvalue weighted by molar-refractivity contribution is 5.74. The molecule has 4 aromatic heterocycles. The summed E-state index contributed by atoms with van der Waals surface area (Å²) in [6.07, 6.45) is -0.471. The molecule has 196 valence electrons. The number of hydrogen-bond acceptors (Lipinski definition) is 7. The van der Waals surface area contributed by atoms with Gasteiger partial charge in [-0.3, -0.25) is 4.57 Å². The van der Waals surface area contributed by atoms with Crippen LogP contribution in [0.4, 0.5) is 13.2 Å². The first-order chi connectivity index (χ1) is 18.2. The number of imidazole rings is 2. The molecule has 0 bridgehead atoms. The Bertz CT molecular complexity index is 1640. The quantitative estimate of drug-likeness (QED) is 0.308. The standard InChI is InChI=1S/C25H22F3N7O3/c1-34-14-19(25(26,27)28)32-21(34)16-7-5-15(6-8-16)13-35-22-18(31-24(35)36)12-30-20(33-22)17-4-3-9-29-23(17)38-11-10-37-2/h3-9,12,14H,10-11,13H2,1-2H3,(H,31,36). The molecule has 38 heavy (non-hydrogen) atoms. The van der Waals surface area contributed by atoms with E-state index in [0.29, 0.717) is 47.2 Å². The van der Waals surface area contributed by atoms with E-state index < -0.39 is 11.9 Å². The van der Waals surface area contributed by atoms with E-state index >= 15 is 0 Å². The first kappa shape index (κ1) is 25.1. The molecule has 0 aliphatic carbocycles. The minimum absolute atomic E-state index is 0.175. The number of ether oxygens (including phenoxy) is 2. The molecule has 0 fully saturated rings. The smallest absolute Gasteiger partial charge is 0.434 e. The highest BCUT2D eigenvalue weighted by Gasteiger charge is 2.34. The van der Waals surface area contributed by atoms with Crippen LogP contribution in [0.25, 0.3) is 33.9 Å². The second-order valence-corrected chi connectivity index (χ2v) is 8.40. The van der Waals surface area contributed by atoms with Crippen molar-refractivity contribution in [2.45, 2.75) is 12.7 Å². The summed E-state index contributed by atoms with van der Waals surface area (Å²) in [4.78, 5) is 32.4. The maximum Gasteiger partial charge on any atom is 0.434 e. The Morgan fingerprint density at radius 3 is 2.55 bits per heavy atom. The van der Waals surface area contributed by atoms with Crippen LogP contribution in [0.15, 0.2) is 59.8 Å². The third-order valence-electron chi connectivity index (χ3n) is 5.77. The van der Waals surface area contributed by atoms with Crippen LogP contribution in [0.5, 0.6) is 5.88 Å². The van der Waals surface area contributed by atoms with Crippen molar-refractivity contribution in [2.24, 2.45) is 7.05 Å². The Morgan fingerprint density at radius 1 is 1.05 bits per heavy atom. The van der Waals surface area contributed by atoms with Gasteiger partial charge in [0.15, 0.2) is 17.2 Å². The number of aryl methyl sites for hydroxylation is 1. The van der Waals surface area contributed by atoms with Crippen LogP contribution in [0.1, 0.15) is 11.3 Å². The van der Waals surface area contributed by atoms with Crippen LogP contribution in [0.2, 0.25) is 0 Å². The van der Waals surface area contributed by atoms with Gasteiger partial charge < -0.3 is 19.0 Å². The van der Waals surface area contributed by atoms with Crippen LogP contribution in [-0.2, 0) is 24.5 Å². The number of nitrogens with one attached hydrogen (secondary N) is 1. The molecule has 0 aliphatic heterocycles. The molecular weight excluding hydrogens is 503 g/mol. The number of rotatable bonds is 8. The van der Waals surface area contributed by atoms with Crippen LogP contribution in [0, 0.1) is 0 Å². The van der Waals surface area contributed by atoms with Crippen LogP contribution in [-0.4, -0.2) is 54.4 Å². The average Bonchev–Trinajstić information content (AvgIpc) is 3.44. The monoisotopic (exact) mass is 525 g/mol. The molecular formula is C25H22F3N7O3. The van der Waals surface area contributed by atoms with E-state index in [0.717, 1.165) is 11.8 Å². The molecule has 0 amide bonds. The summed E-state index contributed by atoms with van der Waals surface area (Å²) in [5.74, 6) is 0.855. The molecule has 0 aliphatic rings. The molecule has 5 aromatic rings. The summed E-state index contributed by atoms with van der Waals surface area (Å²) < 4.78 is 52.6. The topological polar surface area (TPSA) is 113 Å². The Kier molecular flexibility index (Phi) is 6.68. The molecule has 10 nitrogen and oxygen atoms in total. The van der Waals surface area contributed by atoms with E-state index in [4.69, 9.17) is 9.47 Å². The van der Waals surface area contributed by atoms with Crippen LogP contribution < -0.4 is 10.4 Å². The Labute approximate surface area is 213 Å². The maximum atomic E-state index is 13.0. The lowest BCUT2D eigenvalue weighted by Crippen LogP contribution is -2.17. The summed E-state index contributed by atoms with van der Waals surface area (Å²) >= 11 is 0. The fraction of sp³-hybridized carbons (Fsp3) is 0.240. The fourth-order valence-corrected chi connectivity index (χ4v) is 3.93. The van der Waals surface area contributed by atoms with E-state index in [1.54, 1.807) is 49.7 Å². The first-order valence-corrected chi connectivity index (χ1v) is 11.5. The zero-order valence-corrected chi connectivity index (χ0v) is 20.4. The second-order valence-electron chi connectivity index (χ2n) is 8.40. The summed E-state index contributed by atoms with van der Waals surface area (Å²) in [5.41, 5.74) is 1.32. The van der Waals surface area contributed by atoms with Crippen molar-refractivity contribution in [2.75, 3.05) is 20.3 Å². The molecule has 0 spiro atoms. The van der Waals surface area contributed by atoms with Gasteiger partial charge in [0, 0.05) is 32.1 Å². The molecule has 0 saturated carbocycles. The van der Waals surface area contributed by atoms with Gasteiger partial charge in [0.2, 0.25) is 5.88 Å². The molecule has 1 aromatic carbocycles. The molecule has 1 N–H and O–H groups in total. The van der Waals surface area contributed by atoms with Crippen LogP contribution in [0.3, 0.4) is 0 Å². The van der Waals surface area contributed by atoms with E-state index in [1.807, 2.05) is 0 Å². The molecule has 0 unspecified atom stereocenters. The second kappa shape index (κ2) is 10.1. The van der Waals surface area contributed by atoms with Gasteiger partial charge in [-0.05, 0) is 17.7 Å². The Morgan fingerprint density at radius 2 is 1.84 bits per heavy atom. The molecule has 4 heterocycles. The predicted molar refractivity (Wildman–Crippen MR) is 131 cm³/mol. The van der Waals surface area contributed by atoms with Gasteiger partial charge in [-0.15, -0.1) is 0 Å². The SMILES string of the molecule is COCCOc1ncccc1-c1ncc2[nH]c(=O)n(Cc3ccc(-c4nc(C(F)(F)F)cn4C)cc3)c2n1. The zero-order valence-electron chi connectivity index (χ0n) is 20.4. The number of benzene rings is 1. The van der Waals surface area contributed by atoms with E-state index in [1.165, 1.54) is 22.4 Å². The minimum atomic E-state index is -4.53. The summed E-state index contributed by atoms with van der Waals surface area (Å²) in [7, 11) is 3.07. The van der Waals surface area contributed by atoms with E-state index in [-0.39, 0.29) is 18.1 Å². The lowest BCUT2D eigenvalue weighted by Gasteiger charge is -2.09. The molecule has 0 radical (unpaired) electrons. The number of H-pyrrole nitrogens is 1. The number of methoxy groups -OCH3 is 1. The predicted octanol–water partition coefficient (Wildman–Crippen LogP) is 3.67. The summed E-state index contributed by atoms with van der Waals surface area (Å²) in [5, 5.41) is 0. The fourth-order valence-electron chi connectivity index (χ4n) is 3.93. The number of aromatic amines is 1. The van der Waals surface area contributed by atoms with Gasteiger partial charge in [-0.2, -0.15) is 13.2 Å². The number of nitrogens with zero attached hydrogens (tertiary/aromatic N) is 6. The van der Waals surface area contributed by atoms with Gasteiger partial charge in [0.1, 0.15) is 17.9 Å². The first-order valence-electron chi connectivity index (χ1n) is 11.5. The zero-order chi connectivity index (χ0) is 26.9. The molecule has 5 rings (SSSR count). The third kappa shape index (κ3) is 5.00. The lowest BCUT2D eigenvalue weighted by atomic mass is 10.1. The molecule has 0 saturated heterocycles. The van der Waals surface area contributed by atoms with Gasteiger partial charge in [-0.25, -0.2) is 24.7 Å². The average molecular weight is 525 g/mol. The maximum absolute atomic E-state index is 13.0. The van der Waals surface area contributed by atoms with Crippen molar-refractivity contribution in [3.8, 4) is 28.7 Å². The normalized spacial score (nSPS) is 11.8. The van der Waals surface area contributed by atoms with Gasteiger partial charge in [0.05, 0.1) is 24.9 Å². The number of pyridine rings is 1. The van der Waals surface area contributed by atoms with Crippen molar-refractivity contribution in [3.05, 3.63) is 76.7 Å². The van der Waals surface area contributed by atoms with Crippen molar-refractivity contribution in [1.29, 1.82) is 0 Å². The number of fused-ring (bicyclic) bond motifs is 1. The summed E-state index contributed by atoms with van der Waals surface area (Å²) in [6.45, 7) is 0.854. The number of alkyl halides is 3. The molecule has 13 heteroatoms. The van der Waals surface area contributed by atoms with Gasteiger partial charge in [0.25, 0.3) is 0 Å². The third-order valence-corrected chi connectivity index (χ3v) is 5.77. The molecule has 0 atom stereocenters. The number of hydrogen-bond donors (Lipinski definition) is 1. The Hall–Kier alpha value is -4.52. The van der Waals surface area contributed by atoms with Gasteiger partial charge in [-0.1, -0.05) is 24.3 Å². The summed E-state index contributed by atoms with van der Waals surface area (Å²) in [6, 6.07) is 10.3. The minimum Gasteiger partial charge on any atom is -0.475 e. The highest BCUT2D eigenvalue weighted by atomic mass is 19.4. The van der Waals surface area contributed by atoms with Gasteiger partial charge >= 0.3 is 11.9 Å². The Balaban J connectivity index is 1.44. The lowest BCUT2D eigenvalue weighted by molar-refractivity contribution is -0.140. The number of halogens is 3. The van der Waals surface area contributed by atoms with Crippen molar-refractivity contribution < 1.29 is 22.6 Å². The van der Waals surface area contributed by atoms with Crippen molar-refractivity contribution >= 4 is 11.2 Å². The van der Waals surface area contributed by atoms with E-state index in [2.05, 4.69) is 24.9 Å². The van der Waals surface area contributed by atoms with Crippen molar-refractivity contribution in [3.63, 3.8) is 0 Å². The van der Waals surface area contributed by atoms with Crippen molar-refractivity contribution in [1.82, 2.24) is 34.1 Å². The highest BCUT2D eigenvalue weighted by Crippen LogP contribution is 2.31. The number of aromatic nitrogens is 7.